The first-order valence-electron chi connectivity index (χ1n) is 52.2. The summed E-state index contributed by atoms with van der Waals surface area (Å²) in [5, 5.41) is 23.3. The fourth-order valence-electron chi connectivity index (χ4n) is 22.0. The smallest absolute Gasteiger partial charge is 0.407 e. The van der Waals surface area contributed by atoms with Crippen molar-refractivity contribution in [2.24, 2.45) is 29.4 Å². The molecule has 16 aromatic rings. The highest BCUT2D eigenvalue weighted by Crippen LogP contribution is 2.47. The van der Waals surface area contributed by atoms with Gasteiger partial charge in [-0.1, -0.05) is 72.8 Å². The molecule has 8 aromatic carbocycles. The number of carboxylic acid groups (broad SMARTS) is 1. The van der Waals surface area contributed by atoms with Gasteiger partial charge in [0.25, 0.3) is 11.8 Å². The molecule has 6 N–H and O–H groups in total. The minimum atomic E-state index is -0.966. The molecule has 0 radical (unpaired) electrons. The molecule has 27 rings (SSSR count). The number of likely N-dealkylation sites (tertiary alicyclic amines) is 2. The van der Waals surface area contributed by atoms with Crippen LogP contribution < -0.4 is 40.6 Å². The fourth-order valence-corrected chi connectivity index (χ4v) is 22.0. The molecule has 11 aliphatic rings. The number of rotatable bonds is 18. The highest BCUT2D eigenvalue weighted by atomic mass is 16.6. The molecule has 15 heterocycles. The first kappa shape index (κ1) is 94.9. The van der Waals surface area contributed by atoms with Crippen LogP contribution in [-0.2, 0) is 66.6 Å². The van der Waals surface area contributed by atoms with E-state index < -0.39 is 23.3 Å². The number of nitrogens with zero attached hydrogens (tertiary/aromatic N) is 14. The van der Waals surface area contributed by atoms with Crippen LogP contribution in [-0.4, -0.2) is 209 Å². The number of amides is 4. The van der Waals surface area contributed by atoms with E-state index >= 15 is 0 Å². The van der Waals surface area contributed by atoms with Gasteiger partial charge in [0.05, 0.1) is 89.3 Å². The second-order valence-electron chi connectivity index (χ2n) is 43.1. The number of carboxylic acids is 1. The van der Waals surface area contributed by atoms with Gasteiger partial charge in [0.15, 0.2) is 23.3 Å². The maximum Gasteiger partial charge on any atom is 0.407 e. The van der Waals surface area contributed by atoms with E-state index in [4.69, 9.17) is 58.8 Å². The number of methoxy groups -OCH3 is 1. The zero-order chi connectivity index (χ0) is 100. The Labute approximate surface area is 844 Å². The van der Waals surface area contributed by atoms with Gasteiger partial charge in [-0.25, -0.2) is 39.1 Å². The first-order valence-corrected chi connectivity index (χ1v) is 52.2. The molecule has 7 aliphatic heterocycles. The Morgan fingerprint density at radius 3 is 1.05 bits per heavy atom. The molecule has 32 nitrogen and oxygen atoms in total. The van der Waals surface area contributed by atoms with Crippen molar-refractivity contribution in [3.63, 3.8) is 0 Å². The van der Waals surface area contributed by atoms with E-state index in [1.165, 1.54) is 102 Å². The topological polar surface area (TPSA) is 347 Å². The highest BCUT2D eigenvalue weighted by molar-refractivity contribution is 6.04. The molecule has 4 aliphatic carbocycles. The summed E-state index contributed by atoms with van der Waals surface area (Å²) in [4.78, 5) is 98.1. The second kappa shape index (κ2) is 39.0. The van der Waals surface area contributed by atoms with E-state index in [1.54, 1.807) is 24.3 Å². The van der Waals surface area contributed by atoms with Gasteiger partial charge in [0.1, 0.15) is 82.7 Å². The number of hydrogen-bond acceptors (Lipinski definition) is 19. The molecule has 0 bridgehead atoms. The minimum Gasteiger partial charge on any atom is -0.489 e. The molecular weight excluding hydrogens is 1850 g/mol. The first-order chi connectivity index (χ1) is 70.8. The van der Waals surface area contributed by atoms with Gasteiger partial charge < -0.3 is 106 Å². The van der Waals surface area contributed by atoms with Gasteiger partial charge in [-0.15, -0.1) is 0 Å². The molecule has 7 fully saturated rings. The third-order valence-electron chi connectivity index (χ3n) is 29.6. The summed E-state index contributed by atoms with van der Waals surface area (Å²) < 4.78 is 57.8. The van der Waals surface area contributed by atoms with Gasteiger partial charge in [-0.2, -0.15) is 0 Å². The number of fused-ring (bicyclic) bond motifs is 4. The number of aromatic carboxylic acids is 1. The van der Waals surface area contributed by atoms with Crippen molar-refractivity contribution in [2.75, 3.05) is 72.8 Å². The Bertz CT molecular complexity index is 7800. The summed E-state index contributed by atoms with van der Waals surface area (Å²) in [6.07, 6.45) is 15.2. The average molecular weight is 1970 g/mol. The molecule has 3 atom stereocenters. The molecule has 146 heavy (non-hydrogen) atoms. The Morgan fingerprint density at radius 1 is 0.397 bits per heavy atom. The number of benzene rings is 8. The normalized spacial score (nSPS) is 18.3. The standard InChI is InChI=1S/C32H37N5O4.C27H29N5O2.C23H21N3O3.C22H19N3O3.C10H20N2O2/c1-32(2,3)41-31(39)33-23-8-6-12-35(19-23)30(38)22-15-24-28-27(17-22)40-14-13-36(28)29(34-24)26-16-21-7-4-5-9-25(21)37(26)18-20-10-11-20;28-20-5-3-9-30(16-20)27(33)19-12-21-25-24(14-19)34-11-10-31(25)26(29-21)23-13-18-4-1-2-6-22(18)32(23)15-17-7-8-17;1-28-23(27)16-10-17-21-20(12-16)29-9-8-25(21)22(24-17)19-11-15-4-2-3-5-18(15)26(19)13-14-6-7-14;26-22(27)15-9-16-20-19(11-15)28-8-7-24(20)21(23-16)18-10-14-3-1-2-4-17(14)25(18)12-13-5-6-13;1-10(2,3)14-9(13)12-8-5-4-6-11-7-8/h4-5,7,9,15-17,20,23H,6,8,10-14,18-19H2,1-3H3,(H,33,39);1-2,4,6,12-14,17,20H,3,5,7-11,15-16,28H2;2-5,10-12,14H,6-9,13H2,1H3;1-4,9-11,13H,5-8,12H2,(H,26,27);8,11H,4-7H2,1-3H3,(H,12,13)/t23-;20-;;;8-/m11..1/s1. The average Bonchev–Trinajstić information content (AvgIpc) is 1.59. The summed E-state index contributed by atoms with van der Waals surface area (Å²) in [5.41, 5.74) is 23.2. The highest BCUT2D eigenvalue weighted by Gasteiger charge is 2.38. The van der Waals surface area contributed by atoms with Crippen molar-refractivity contribution in [1.82, 2.24) is 82.2 Å². The summed E-state index contributed by atoms with van der Waals surface area (Å²) in [5.74, 6) is 7.99. The van der Waals surface area contributed by atoms with E-state index in [0.717, 1.165) is 212 Å². The van der Waals surface area contributed by atoms with Gasteiger partial charge in [-0.3, -0.25) is 9.59 Å². The van der Waals surface area contributed by atoms with Crippen molar-refractivity contribution >= 4 is 124 Å². The maximum atomic E-state index is 13.7. The van der Waals surface area contributed by atoms with Crippen molar-refractivity contribution in [1.29, 1.82) is 0 Å². The predicted octanol–water partition coefficient (Wildman–Crippen LogP) is 19.3. The number of carbonyl (C=O) groups is 6. The van der Waals surface area contributed by atoms with E-state index in [-0.39, 0.29) is 47.6 Å². The van der Waals surface area contributed by atoms with Crippen LogP contribution >= 0.6 is 0 Å². The number of carbonyl (C=O) groups excluding carboxylic acids is 5. The summed E-state index contributed by atoms with van der Waals surface area (Å²) >= 11 is 0. The Balaban J connectivity index is 0.000000104. The van der Waals surface area contributed by atoms with Gasteiger partial charge in [-0.05, 0) is 259 Å². The van der Waals surface area contributed by atoms with Crippen molar-refractivity contribution in [2.45, 2.75) is 213 Å². The SMILES string of the molecule is CC(C)(C)OC(=O)N[C@@H]1CCCN(C(=O)c2cc3c4c(c2)nc(-c2cc5ccccc5n2CC2CC2)n4CCO3)C1.CC(C)(C)OC(=O)N[C@@H]1CCCNC1.COC(=O)c1cc2c3c(c1)nc(-c1cc4ccccc4n1CC1CC1)n3CCO2.N[C@@H]1CCCN(C(=O)c2cc3c4c(c2)nc(-c2cc5ccccc5n2CC2CC2)n4CCO3)C1.O=C(O)c1cc2c3c(c1)nc(-c1cc4ccccc4n1CC1CC1)n3CCO2. The number of alkyl carbamates (subject to hydrolysis) is 2. The van der Waals surface area contributed by atoms with Gasteiger partial charge in [0, 0.05) is 132 Å². The van der Waals surface area contributed by atoms with E-state index in [2.05, 4.69) is 174 Å². The Hall–Kier alpha value is -14.7. The van der Waals surface area contributed by atoms with Crippen LogP contribution in [0.3, 0.4) is 0 Å². The lowest BCUT2D eigenvalue weighted by Gasteiger charge is -2.33. The molecular formula is C114H126N18O14. The predicted molar refractivity (Wildman–Crippen MR) is 561 cm³/mol. The van der Waals surface area contributed by atoms with Gasteiger partial charge >= 0.3 is 24.1 Å². The lowest BCUT2D eigenvalue weighted by molar-refractivity contribution is 0.0450. The molecule has 4 amide bonds. The Kier molecular flexibility index (Phi) is 25.4. The zero-order valence-electron chi connectivity index (χ0n) is 83.9. The van der Waals surface area contributed by atoms with Crippen molar-refractivity contribution in [3.05, 3.63) is 192 Å². The van der Waals surface area contributed by atoms with Crippen molar-refractivity contribution in [3.8, 4) is 69.1 Å². The molecule has 0 unspecified atom stereocenters. The van der Waals surface area contributed by atoms with Gasteiger partial charge in [0.2, 0.25) is 0 Å². The number of esters is 1. The number of piperidine rings is 3. The summed E-state index contributed by atoms with van der Waals surface area (Å²) in [7, 11) is 1.39. The van der Waals surface area contributed by atoms with Crippen LogP contribution in [0.2, 0.25) is 0 Å². The van der Waals surface area contributed by atoms with Crippen LogP contribution in [0.25, 0.3) is 134 Å². The molecule has 32 heteroatoms. The van der Waals surface area contributed by atoms with Crippen molar-refractivity contribution < 1.29 is 67.0 Å². The summed E-state index contributed by atoms with van der Waals surface area (Å²) in [6.45, 7) is 24.5. The largest absolute Gasteiger partial charge is 0.489 e. The number of ether oxygens (including phenoxy) is 7. The summed E-state index contributed by atoms with van der Waals surface area (Å²) in [6, 6.07) is 57.5. The second-order valence-corrected chi connectivity index (χ2v) is 43.1. The number of imidazole rings is 4. The number of aromatic nitrogens is 12. The quantitative estimate of drug-likeness (QED) is 0.0393. The third-order valence-corrected chi connectivity index (χ3v) is 29.6. The van der Waals surface area contributed by atoms with Crippen LogP contribution in [0.5, 0.6) is 23.0 Å². The van der Waals surface area contributed by atoms with Crippen LogP contribution in [0.4, 0.5) is 9.59 Å². The zero-order valence-corrected chi connectivity index (χ0v) is 83.9. The molecule has 0 spiro atoms. The molecule has 3 saturated heterocycles. The Morgan fingerprint density at radius 2 is 0.719 bits per heavy atom. The molecule has 8 aromatic heterocycles. The lowest BCUT2D eigenvalue weighted by atomic mass is 10.0. The third kappa shape index (κ3) is 19.6. The van der Waals surface area contributed by atoms with E-state index in [9.17, 15) is 33.9 Å². The minimum absolute atomic E-state index is 0.0152. The number of hydrogen-bond donors (Lipinski definition) is 5. The van der Waals surface area contributed by atoms with Crippen LogP contribution in [0.1, 0.15) is 173 Å². The number of para-hydroxylation sites is 4. The van der Waals surface area contributed by atoms with Crippen LogP contribution in [0.15, 0.2) is 170 Å². The number of nitrogens with two attached hydrogens (primary N) is 1. The molecule has 756 valence electrons. The number of nitrogens with one attached hydrogen (secondary N) is 3. The molecule has 4 saturated carbocycles. The monoisotopic (exact) mass is 1970 g/mol. The van der Waals surface area contributed by atoms with E-state index in [1.807, 2.05) is 75.6 Å². The maximum absolute atomic E-state index is 13.7. The van der Waals surface area contributed by atoms with E-state index in [0.29, 0.717) is 98.6 Å². The van der Waals surface area contributed by atoms with Crippen LogP contribution in [0, 0.1) is 23.7 Å². The fraction of sp³-hybridized carbons (Fsp3) is 0.421. The lowest BCUT2D eigenvalue weighted by Crippen LogP contribution is -2.50.